The third-order valence-electron chi connectivity index (χ3n) is 5.83. The van der Waals surface area contributed by atoms with Crippen LogP contribution < -0.4 is 35.3 Å². The molecule has 7 heteroatoms. The van der Waals surface area contributed by atoms with E-state index in [0.717, 1.165) is 25.9 Å². The average molecular weight is 515 g/mol. The van der Waals surface area contributed by atoms with E-state index < -0.39 is 5.24 Å². The van der Waals surface area contributed by atoms with E-state index in [1.807, 2.05) is 4.90 Å². The van der Waals surface area contributed by atoms with Gasteiger partial charge in [0.05, 0.1) is 0 Å². The van der Waals surface area contributed by atoms with Crippen LogP contribution in [0.25, 0.3) is 0 Å². The van der Waals surface area contributed by atoms with E-state index in [2.05, 4.69) is 44.8 Å². The minimum absolute atomic E-state index is 0. The topological polar surface area (TPSA) is 63.4 Å². The molecule has 0 saturated heterocycles. The molecule has 0 spiro atoms. The smallest absolute Gasteiger partial charge is 1.00 e. The van der Waals surface area contributed by atoms with Gasteiger partial charge in [-0.25, -0.2) is 0 Å². The molecule has 0 aromatic heterocycles. The molecule has 0 radical (unpaired) electrons. The molecule has 0 aromatic rings. The number of rotatable bonds is 22. The van der Waals surface area contributed by atoms with Crippen LogP contribution in [0.5, 0.6) is 0 Å². The molecule has 2 amide bonds. The van der Waals surface area contributed by atoms with Crippen LogP contribution in [0.2, 0.25) is 0 Å². The van der Waals surface area contributed by atoms with Gasteiger partial charge in [0.2, 0.25) is 0 Å². The SMILES string of the molecule is CCCCCCCCCCCCN(CCCCCCCCCCCC)C(=O)S.NC(=O)S.[H-].[Na+]. The first-order valence-electron chi connectivity index (χ1n) is 13.4. The van der Waals surface area contributed by atoms with Crippen LogP contribution >= 0.6 is 25.3 Å². The second kappa shape index (κ2) is 32.6. The Kier molecular flexibility index (Phi) is 37.8. The fraction of sp³-hybridized carbons (Fsp3) is 0.923. The first-order chi connectivity index (χ1) is 15.5. The monoisotopic (exact) mass is 514 g/mol. The molecule has 0 atom stereocenters. The maximum atomic E-state index is 11.7. The van der Waals surface area contributed by atoms with Crippen molar-refractivity contribution < 1.29 is 40.6 Å². The molecule has 0 fully saturated rings. The zero-order valence-electron chi connectivity index (χ0n) is 23.3. The average Bonchev–Trinajstić information content (AvgIpc) is 2.74. The predicted octanol–water partition coefficient (Wildman–Crippen LogP) is 6.29. The van der Waals surface area contributed by atoms with Gasteiger partial charge in [0.1, 0.15) is 0 Å². The van der Waals surface area contributed by atoms with Crippen molar-refractivity contribution in [3.05, 3.63) is 0 Å². The van der Waals surface area contributed by atoms with Gasteiger partial charge < -0.3 is 12.1 Å². The molecule has 4 nitrogen and oxygen atoms in total. The van der Waals surface area contributed by atoms with Crippen LogP contribution in [-0.4, -0.2) is 28.5 Å². The summed E-state index contributed by atoms with van der Waals surface area (Å²) in [4.78, 5) is 22.8. The van der Waals surface area contributed by atoms with Gasteiger partial charge >= 0.3 is 29.6 Å². The third kappa shape index (κ3) is 37.4. The molecule has 0 aliphatic rings. The summed E-state index contributed by atoms with van der Waals surface area (Å²) >= 11 is 7.18. The van der Waals surface area contributed by atoms with Crippen molar-refractivity contribution in [1.82, 2.24) is 4.90 Å². The molecular weight excluding hydrogens is 459 g/mol. The van der Waals surface area contributed by atoms with E-state index in [-0.39, 0.29) is 36.2 Å². The van der Waals surface area contributed by atoms with Crippen molar-refractivity contribution in [2.24, 2.45) is 5.73 Å². The summed E-state index contributed by atoms with van der Waals surface area (Å²) in [6.07, 6.45) is 26.8. The quantitative estimate of drug-likeness (QED) is 0.0903. The minimum Gasteiger partial charge on any atom is -1.00 e. The van der Waals surface area contributed by atoms with Gasteiger partial charge in [-0.3, -0.25) is 9.59 Å². The summed E-state index contributed by atoms with van der Waals surface area (Å²) < 4.78 is 0. The predicted molar refractivity (Wildman–Crippen MR) is 149 cm³/mol. The zero-order valence-corrected chi connectivity index (χ0v) is 26.1. The van der Waals surface area contributed by atoms with E-state index in [0.29, 0.717) is 0 Å². The van der Waals surface area contributed by atoms with E-state index in [9.17, 15) is 4.79 Å². The normalized spacial score (nSPS) is 10.2. The Bertz CT molecular complexity index is 394. The Balaban J connectivity index is -0.000000690. The largest absolute Gasteiger partial charge is 1.00 e. The Morgan fingerprint density at radius 3 is 1.00 bits per heavy atom. The molecule has 0 aliphatic heterocycles. The number of hydrogen-bond acceptors (Lipinski definition) is 2. The summed E-state index contributed by atoms with van der Waals surface area (Å²) in [5, 5.41) is -0.674. The van der Waals surface area contributed by atoms with Gasteiger partial charge in [-0.1, -0.05) is 155 Å². The van der Waals surface area contributed by atoms with Crippen molar-refractivity contribution in [3.63, 3.8) is 0 Å². The summed E-state index contributed by atoms with van der Waals surface area (Å²) in [7, 11) is 0. The first kappa shape index (κ1) is 38.2. The van der Waals surface area contributed by atoms with Gasteiger partial charge in [-0.2, -0.15) is 0 Å². The Morgan fingerprint density at radius 1 is 0.576 bits per heavy atom. The molecule has 0 unspecified atom stereocenters. The number of nitrogens with two attached hydrogens (primary N) is 1. The van der Waals surface area contributed by atoms with E-state index in [4.69, 9.17) is 4.79 Å². The van der Waals surface area contributed by atoms with Gasteiger partial charge in [-0.05, 0) is 12.8 Å². The molecule has 0 heterocycles. The van der Waals surface area contributed by atoms with Crippen LogP contribution in [0.3, 0.4) is 0 Å². The second-order valence-corrected chi connectivity index (χ2v) is 9.80. The first-order valence-corrected chi connectivity index (χ1v) is 14.3. The van der Waals surface area contributed by atoms with Crippen LogP contribution in [-0.2, 0) is 0 Å². The van der Waals surface area contributed by atoms with Crippen LogP contribution in [0.1, 0.15) is 144 Å². The van der Waals surface area contributed by atoms with Crippen molar-refractivity contribution >= 4 is 35.7 Å². The molecule has 2 N–H and O–H groups in total. The van der Waals surface area contributed by atoms with E-state index >= 15 is 0 Å². The number of carbonyl (C=O) groups excluding carboxylic acids is 2. The van der Waals surface area contributed by atoms with E-state index in [1.165, 1.54) is 116 Å². The number of thiol groups is 2. The summed E-state index contributed by atoms with van der Waals surface area (Å²) in [6.45, 7) is 6.34. The number of unbranched alkanes of at least 4 members (excludes halogenated alkanes) is 18. The number of nitrogens with zero attached hydrogens (tertiary/aromatic N) is 1. The molecular formula is C26H55N2NaO2S2. The zero-order chi connectivity index (χ0) is 24.3. The molecule has 0 aromatic carbocycles. The second-order valence-electron chi connectivity index (χ2n) is 8.97. The fourth-order valence-electron chi connectivity index (χ4n) is 3.88. The Hall–Kier alpha value is 0.640. The number of amides is 2. The Labute approximate surface area is 240 Å². The van der Waals surface area contributed by atoms with Crippen molar-refractivity contribution in [3.8, 4) is 0 Å². The van der Waals surface area contributed by atoms with Crippen molar-refractivity contribution in [2.75, 3.05) is 13.1 Å². The van der Waals surface area contributed by atoms with Gasteiger partial charge in [0, 0.05) is 13.1 Å². The standard InChI is InChI=1S/C25H51NOS.CH3NOS.Na.H/c1-3-5-7-9-11-13-15-17-19-21-23-26(25(27)28)24-22-20-18-16-14-12-10-8-6-4-2;2-1(3)4;;/h3-24H2,1-2H3,(H,27,28);(H3,2,3,4);;/q;;+1;-1. The number of primary amides is 1. The Morgan fingerprint density at radius 2 is 0.788 bits per heavy atom. The minimum atomic E-state index is -0.639. The van der Waals surface area contributed by atoms with Crippen molar-refractivity contribution in [2.45, 2.75) is 142 Å². The molecule has 0 aliphatic carbocycles. The molecule has 0 rings (SSSR count). The number of hydrogen-bond donors (Lipinski definition) is 3. The van der Waals surface area contributed by atoms with E-state index in [1.54, 1.807) is 0 Å². The maximum Gasteiger partial charge on any atom is 1.00 e. The maximum absolute atomic E-state index is 11.7. The molecule has 0 saturated carbocycles. The third-order valence-corrected chi connectivity index (χ3v) is 6.12. The van der Waals surface area contributed by atoms with Gasteiger partial charge in [0.15, 0.2) is 0 Å². The van der Waals surface area contributed by atoms with Gasteiger partial charge in [-0.15, -0.1) is 0 Å². The van der Waals surface area contributed by atoms with Crippen LogP contribution in [0, 0.1) is 0 Å². The molecule has 33 heavy (non-hydrogen) atoms. The fourth-order valence-corrected chi connectivity index (χ4v) is 4.08. The number of carbonyl (C=O) groups is 2. The summed E-state index contributed by atoms with van der Waals surface area (Å²) in [6, 6.07) is 0. The van der Waals surface area contributed by atoms with Crippen molar-refractivity contribution in [1.29, 1.82) is 0 Å². The van der Waals surface area contributed by atoms with Crippen LogP contribution in [0.15, 0.2) is 0 Å². The van der Waals surface area contributed by atoms with Gasteiger partial charge in [0.25, 0.3) is 10.5 Å². The van der Waals surface area contributed by atoms with Crippen LogP contribution in [0.4, 0.5) is 9.59 Å². The summed E-state index contributed by atoms with van der Waals surface area (Å²) in [5.74, 6) is 0. The molecule has 194 valence electrons. The summed E-state index contributed by atoms with van der Waals surface area (Å²) in [5.41, 5.74) is 4.34. The molecule has 0 bridgehead atoms.